The van der Waals surface area contributed by atoms with Gasteiger partial charge in [0.15, 0.2) is 5.54 Å². The second-order valence-corrected chi connectivity index (χ2v) is 9.93. The summed E-state index contributed by atoms with van der Waals surface area (Å²) in [6.45, 7) is 7.62. The highest BCUT2D eigenvalue weighted by atomic mass is 79.9. The van der Waals surface area contributed by atoms with E-state index in [1.54, 1.807) is 17.9 Å². The van der Waals surface area contributed by atoms with Gasteiger partial charge in [-0.25, -0.2) is 4.99 Å². The molecule has 1 aromatic carbocycles. The van der Waals surface area contributed by atoms with Crippen molar-refractivity contribution in [2.24, 2.45) is 10.9 Å². The summed E-state index contributed by atoms with van der Waals surface area (Å²) >= 11 is 3.41. The van der Waals surface area contributed by atoms with Crippen LogP contribution in [0.2, 0.25) is 0 Å². The van der Waals surface area contributed by atoms with E-state index in [0.717, 1.165) is 10.0 Å². The van der Waals surface area contributed by atoms with Crippen molar-refractivity contribution in [3.05, 3.63) is 51.8 Å². The molecule has 2 aromatic rings. The van der Waals surface area contributed by atoms with Crippen molar-refractivity contribution in [2.75, 3.05) is 6.54 Å². The number of likely N-dealkylation sites (tertiary alicyclic amines) is 1. The van der Waals surface area contributed by atoms with Gasteiger partial charge < -0.3 is 19.8 Å². The van der Waals surface area contributed by atoms with Crippen LogP contribution in [0.5, 0.6) is 0 Å². The maximum Gasteiger partial charge on any atom is 0.257 e. The number of nitrogens with one attached hydrogen (secondary N) is 1. The lowest BCUT2D eigenvalue weighted by Crippen LogP contribution is -2.48. The first-order valence-electron chi connectivity index (χ1n) is 10.7. The van der Waals surface area contributed by atoms with E-state index >= 15 is 0 Å². The van der Waals surface area contributed by atoms with Gasteiger partial charge in [-0.15, -0.1) is 0 Å². The zero-order valence-corrected chi connectivity index (χ0v) is 20.1. The first-order chi connectivity index (χ1) is 15.1. The summed E-state index contributed by atoms with van der Waals surface area (Å²) in [5, 5.41) is 17.2. The maximum atomic E-state index is 13.6. The third-order valence-electron chi connectivity index (χ3n) is 6.20. The highest BCUT2D eigenvalue weighted by Gasteiger charge is 2.48. The Bertz CT molecular complexity index is 1060. The number of aliphatic hydroxyl groups excluding tert-OH is 1. The minimum absolute atomic E-state index is 0.0404. The average Bonchev–Trinajstić information content (AvgIpc) is 3.40. The molecule has 2 amide bonds. The van der Waals surface area contributed by atoms with Crippen molar-refractivity contribution in [1.82, 2.24) is 15.4 Å². The number of carbonyl (C=O) groups excluding carboxylic acids is 2. The molecule has 0 bridgehead atoms. The second kappa shape index (κ2) is 8.44. The van der Waals surface area contributed by atoms with Crippen LogP contribution >= 0.6 is 15.9 Å². The lowest BCUT2D eigenvalue weighted by molar-refractivity contribution is -0.134. The van der Waals surface area contributed by atoms with E-state index < -0.39 is 23.6 Å². The molecule has 2 aliphatic rings. The summed E-state index contributed by atoms with van der Waals surface area (Å²) in [7, 11) is 0. The number of hydrogen-bond acceptors (Lipinski definition) is 6. The van der Waals surface area contributed by atoms with Crippen LogP contribution in [0.25, 0.3) is 0 Å². The number of rotatable bonds is 5. The van der Waals surface area contributed by atoms with Gasteiger partial charge in [-0.3, -0.25) is 9.59 Å². The minimum Gasteiger partial charge on any atom is -0.391 e. The van der Waals surface area contributed by atoms with Crippen molar-refractivity contribution in [2.45, 2.75) is 57.7 Å². The number of halogens is 1. The zero-order chi connectivity index (χ0) is 23.2. The molecule has 4 atom stereocenters. The fourth-order valence-corrected chi connectivity index (χ4v) is 4.71. The second-order valence-electron chi connectivity index (χ2n) is 9.02. The van der Waals surface area contributed by atoms with E-state index in [2.05, 4.69) is 26.4 Å². The quantitative estimate of drug-likeness (QED) is 0.653. The Balaban J connectivity index is 1.66. The molecular formula is C23H27BrN4O4. The number of hydrogen-bond donors (Lipinski definition) is 2. The van der Waals surface area contributed by atoms with E-state index in [1.165, 1.54) is 0 Å². The van der Waals surface area contributed by atoms with Gasteiger partial charge in [-0.1, -0.05) is 47.1 Å². The molecule has 170 valence electrons. The number of amides is 2. The van der Waals surface area contributed by atoms with Gasteiger partial charge in [0, 0.05) is 23.5 Å². The van der Waals surface area contributed by atoms with Gasteiger partial charge in [0.2, 0.25) is 5.91 Å². The summed E-state index contributed by atoms with van der Waals surface area (Å²) in [5.41, 5.74) is 0.355. The van der Waals surface area contributed by atoms with E-state index in [-0.39, 0.29) is 24.3 Å². The maximum absolute atomic E-state index is 13.6. The van der Waals surface area contributed by atoms with Crippen LogP contribution < -0.4 is 5.32 Å². The molecule has 3 heterocycles. The molecule has 9 heteroatoms. The molecular weight excluding hydrogens is 476 g/mol. The number of aryl methyl sites for hydroxylation is 1. The predicted molar refractivity (Wildman–Crippen MR) is 122 cm³/mol. The molecule has 0 spiro atoms. The number of benzene rings is 1. The van der Waals surface area contributed by atoms with Crippen molar-refractivity contribution in [3.63, 3.8) is 0 Å². The lowest BCUT2D eigenvalue weighted by Gasteiger charge is -2.29. The molecule has 1 fully saturated rings. The molecule has 2 N–H and O–H groups in total. The van der Waals surface area contributed by atoms with Gasteiger partial charge in [-0.2, -0.15) is 0 Å². The SMILES string of the molecule is Cc1cc([C@H](C(=O)N2C[C@H](O)C[C@H]2C2=N[C@@](C)(c3ccc(Br)cc3)C(=O)N2)C(C)C)on1. The molecule has 1 saturated heterocycles. The first-order valence-corrected chi connectivity index (χ1v) is 11.5. The van der Waals surface area contributed by atoms with E-state index in [9.17, 15) is 14.7 Å². The van der Waals surface area contributed by atoms with Crippen LogP contribution in [-0.2, 0) is 15.1 Å². The Morgan fingerprint density at radius 2 is 2.03 bits per heavy atom. The summed E-state index contributed by atoms with van der Waals surface area (Å²) < 4.78 is 6.32. The van der Waals surface area contributed by atoms with Crippen LogP contribution in [0.15, 0.2) is 44.3 Å². The summed E-state index contributed by atoms with van der Waals surface area (Å²) in [4.78, 5) is 32.9. The van der Waals surface area contributed by atoms with Gasteiger partial charge in [-0.05, 0) is 37.5 Å². The first kappa shape index (κ1) is 22.7. The van der Waals surface area contributed by atoms with Gasteiger partial charge in [0.1, 0.15) is 17.5 Å². The number of amidine groups is 1. The number of aromatic nitrogens is 1. The number of aliphatic hydroxyl groups is 1. The predicted octanol–water partition coefficient (Wildman–Crippen LogP) is 2.89. The molecule has 4 rings (SSSR count). The van der Waals surface area contributed by atoms with Crippen molar-refractivity contribution < 1.29 is 19.2 Å². The Kier molecular flexibility index (Phi) is 5.98. The monoisotopic (exact) mass is 502 g/mol. The normalized spacial score (nSPS) is 26.4. The van der Waals surface area contributed by atoms with Gasteiger partial charge in [0.05, 0.1) is 17.8 Å². The van der Waals surface area contributed by atoms with Crippen LogP contribution in [0.4, 0.5) is 0 Å². The summed E-state index contributed by atoms with van der Waals surface area (Å²) in [6, 6.07) is 8.67. The molecule has 0 saturated carbocycles. The Morgan fingerprint density at radius 3 is 2.62 bits per heavy atom. The molecule has 0 aliphatic carbocycles. The fraction of sp³-hybridized carbons (Fsp3) is 0.478. The average molecular weight is 503 g/mol. The molecule has 8 nitrogen and oxygen atoms in total. The Hall–Kier alpha value is -2.52. The lowest BCUT2D eigenvalue weighted by atomic mass is 9.91. The van der Waals surface area contributed by atoms with E-state index in [4.69, 9.17) is 9.52 Å². The van der Waals surface area contributed by atoms with E-state index in [1.807, 2.05) is 45.0 Å². The minimum atomic E-state index is -1.10. The fourth-order valence-electron chi connectivity index (χ4n) is 4.45. The number of β-amino-alcohol motifs (C(OH)–C–C–N with tert-alkyl or cyclic N) is 1. The molecule has 0 unspecified atom stereocenters. The third kappa shape index (κ3) is 3.99. The molecule has 1 aromatic heterocycles. The summed E-state index contributed by atoms with van der Waals surface area (Å²) in [5.74, 6) is -0.107. The standard InChI is InChI=1S/C23H27BrN4O4/c1-12(2)19(18-9-13(3)27-32-18)21(30)28-11-16(29)10-17(28)20-25-22(31)23(4,26-20)14-5-7-15(24)8-6-14/h5-9,12,16-17,19,29H,10-11H2,1-4H3,(H,25,26,31)/t16-,17+,19-,23+/m1/s1. The summed E-state index contributed by atoms with van der Waals surface area (Å²) in [6.07, 6.45) is -0.394. The zero-order valence-electron chi connectivity index (χ0n) is 18.5. The largest absolute Gasteiger partial charge is 0.391 e. The highest BCUT2D eigenvalue weighted by Crippen LogP contribution is 2.35. The Labute approximate surface area is 195 Å². The third-order valence-corrected chi connectivity index (χ3v) is 6.73. The molecule has 2 aliphatic heterocycles. The van der Waals surface area contributed by atoms with Gasteiger partial charge >= 0.3 is 0 Å². The van der Waals surface area contributed by atoms with Crippen LogP contribution in [0.1, 0.15) is 50.1 Å². The highest BCUT2D eigenvalue weighted by molar-refractivity contribution is 9.10. The number of carbonyl (C=O) groups is 2. The van der Waals surface area contributed by atoms with Crippen LogP contribution in [0.3, 0.4) is 0 Å². The van der Waals surface area contributed by atoms with Crippen molar-refractivity contribution in [3.8, 4) is 0 Å². The Morgan fingerprint density at radius 1 is 1.34 bits per heavy atom. The van der Waals surface area contributed by atoms with Crippen molar-refractivity contribution >= 4 is 33.6 Å². The smallest absolute Gasteiger partial charge is 0.257 e. The van der Waals surface area contributed by atoms with Crippen LogP contribution in [0, 0.1) is 12.8 Å². The van der Waals surface area contributed by atoms with E-state index in [0.29, 0.717) is 23.7 Å². The topological polar surface area (TPSA) is 108 Å². The molecule has 32 heavy (non-hydrogen) atoms. The number of aliphatic imine (C=N–C) groups is 1. The van der Waals surface area contributed by atoms with Crippen molar-refractivity contribution in [1.29, 1.82) is 0 Å². The molecule has 0 radical (unpaired) electrons. The van der Waals surface area contributed by atoms with Gasteiger partial charge in [0.25, 0.3) is 5.91 Å². The number of nitrogens with zero attached hydrogens (tertiary/aromatic N) is 3. The van der Waals surface area contributed by atoms with Crippen LogP contribution in [-0.4, -0.2) is 51.5 Å².